The van der Waals surface area contributed by atoms with Crippen LogP contribution in [0.3, 0.4) is 0 Å². The molecule has 1 aromatic heterocycles. The molecule has 0 bridgehead atoms. The van der Waals surface area contributed by atoms with Crippen LogP contribution in [0.15, 0.2) is 53.4 Å². The summed E-state index contributed by atoms with van der Waals surface area (Å²) >= 11 is 0. The van der Waals surface area contributed by atoms with E-state index in [-0.39, 0.29) is 16.6 Å². The standard InChI is InChI=1S/C21H22N4O4S/c1-13-5-6-14(2)19(11-13)30(27,28)29-18-9-7-17(8-10-18)20(26)24-25-21-22-15(3)12-16(4)23-21/h5-12H,1-4H3,(H,24,26)(H,22,23,25). The molecule has 9 heteroatoms. The van der Waals surface area contributed by atoms with E-state index in [1.54, 1.807) is 19.1 Å². The lowest BCUT2D eigenvalue weighted by atomic mass is 10.2. The number of hydrazine groups is 1. The molecule has 0 saturated carbocycles. The lowest BCUT2D eigenvalue weighted by Crippen LogP contribution is -2.30. The zero-order valence-corrected chi connectivity index (χ0v) is 17.9. The Bertz CT molecular complexity index is 1170. The van der Waals surface area contributed by atoms with Crippen molar-refractivity contribution in [1.82, 2.24) is 15.4 Å². The van der Waals surface area contributed by atoms with Crippen molar-refractivity contribution in [2.45, 2.75) is 32.6 Å². The van der Waals surface area contributed by atoms with Crippen LogP contribution in [0, 0.1) is 27.7 Å². The van der Waals surface area contributed by atoms with Crippen LogP contribution < -0.4 is 15.0 Å². The molecule has 3 aromatic rings. The van der Waals surface area contributed by atoms with Crippen LogP contribution in [0.2, 0.25) is 0 Å². The fourth-order valence-corrected chi connectivity index (χ4v) is 4.02. The van der Waals surface area contributed by atoms with Crippen molar-refractivity contribution in [3.63, 3.8) is 0 Å². The van der Waals surface area contributed by atoms with E-state index < -0.39 is 16.0 Å². The van der Waals surface area contributed by atoms with Crippen molar-refractivity contribution in [2.75, 3.05) is 5.43 Å². The highest BCUT2D eigenvalue weighted by Gasteiger charge is 2.19. The molecule has 0 saturated heterocycles. The van der Waals surface area contributed by atoms with Crippen LogP contribution in [0.1, 0.15) is 32.9 Å². The average Bonchev–Trinajstić information content (AvgIpc) is 2.67. The van der Waals surface area contributed by atoms with Crippen LogP contribution in [0.25, 0.3) is 0 Å². The van der Waals surface area contributed by atoms with Crippen LogP contribution in [-0.4, -0.2) is 24.3 Å². The second-order valence-electron chi connectivity index (χ2n) is 6.88. The van der Waals surface area contributed by atoms with Gasteiger partial charge in [-0.25, -0.2) is 9.97 Å². The summed E-state index contributed by atoms with van der Waals surface area (Å²) in [7, 11) is -3.98. The quantitative estimate of drug-likeness (QED) is 0.460. The summed E-state index contributed by atoms with van der Waals surface area (Å²) in [5.41, 5.74) is 8.42. The zero-order chi connectivity index (χ0) is 21.9. The van der Waals surface area contributed by atoms with Crippen molar-refractivity contribution >= 4 is 22.0 Å². The van der Waals surface area contributed by atoms with E-state index in [2.05, 4.69) is 20.8 Å². The van der Waals surface area contributed by atoms with Gasteiger partial charge in [0.25, 0.3) is 5.91 Å². The number of benzene rings is 2. The summed E-state index contributed by atoms with van der Waals surface area (Å²) in [4.78, 5) is 20.8. The molecule has 2 N–H and O–H groups in total. The highest BCUT2D eigenvalue weighted by atomic mass is 32.2. The zero-order valence-electron chi connectivity index (χ0n) is 17.1. The number of aryl methyl sites for hydroxylation is 4. The van der Waals surface area contributed by atoms with E-state index in [1.807, 2.05) is 32.9 Å². The molecular weight excluding hydrogens is 404 g/mol. The molecule has 2 aromatic carbocycles. The van der Waals surface area contributed by atoms with Gasteiger partial charge in [0.05, 0.1) is 0 Å². The van der Waals surface area contributed by atoms with Gasteiger partial charge >= 0.3 is 10.1 Å². The lowest BCUT2D eigenvalue weighted by molar-refractivity contribution is 0.0962. The van der Waals surface area contributed by atoms with Gasteiger partial charge < -0.3 is 4.18 Å². The number of rotatable bonds is 6. The molecule has 0 aliphatic carbocycles. The first-order chi connectivity index (χ1) is 14.1. The fourth-order valence-electron chi connectivity index (χ4n) is 2.78. The largest absolute Gasteiger partial charge is 0.379 e. The maximum Gasteiger partial charge on any atom is 0.339 e. The van der Waals surface area contributed by atoms with Gasteiger partial charge in [-0.2, -0.15) is 8.42 Å². The van der Waals surface area contributed by atoms with Gasteiger partial charge in [0.1, 0.15) is 10.6 Å². The molecule has 0 aliphatic heterocycles. The molecule has 0 fully saturated rings. The Hall–Kier alpha value is -3.46. The molecule has 156 valence electrons. The predicted octanol–water partition coefficient (Wildman–Crippen LogP) is 3.23. The summed E-state index contributed by atoms with van der Waals surface area (Å²) in [5.74, 6) is -0.0415. The number of aromatic nitrogens is 2. The highest BCUT2D eigenvalue weighted by Crippen LogP contribution is 2.22. The molecular formula is C21H22N4O4S. The topological polar surface area (TPSA) is 110 Å². The molecule has 30 heavy (non-hydrogen) atoms. The number of anilines is 1. The van der Waals surface area contributed by atoms with E-state index in [4.69, 9.17) is 4.18 Å². The van der Waals surface area contributed by atoms with Crippen molar-refractivity contribution < 1.29 is 17.4 Å². The molecule has 3 rings (SSSR count). The molecule has 1 heterocycles. The van der Waals surface area contributed by atoms with E-state index >= 15 is 0 Å². The van der Waals surface area contributed by atoms with Crippen molar-refractivity contribution in [3.8, 4) is 5.75 Å². The summed E-state index contributed by atoms with van der Waals surface area (Å²) in [6, 6.07) is 12.7. The number of amides is 1. The average molecular weight is 426 g/mol. The third-order valence-electron chi connectivity index (χ3n) is 4.21. The number of hydrogen-bond acceptors (Lipinski definition) is 7. The number of hydrogen-bond donors (Lipinski definition) is 2. The minimum absolute atomic E-state index is 0.109. The molecule has 0 aliphatic rings. The van der Waals surface area contributed by atoms with Crippen LogP contribution in [0.5, 0.6) is 5.75 Å². The van der Waals surface area contributed by atoms with Gasteiger partial charge in [0.2, 0.25) is 5.95 Å². The maximum atomic E-state index is 12.6. The van der Waals surface area contributed by atoms with E-state index in [0.29, 0.717) is 11.1 Å². The third kappa shape index (κ3) is 5.12. The summed E-state index contributed by atoms with van der Waals surface area (Å²) in [6.45, 7) is 7.16. The summed E-state index contributed by atoms with van der Waals surface area (Å²) in [5, 5.41) is 0. The monoisotopic (exact) mass is 426 g/mol. The number of carbonyl (C=O) groups excluding carboxylic acids is 1. The fraction of sp³-hybridized carbons (Fsp3) is 0.190. The Balaban J connectivity index is 1.68. The highest BCUT2D eigenvalue weighted by molar-refractivity contribution is 7.87. The normalized spacial score (nSPS) is 11.1. The number of carbonyl (C=O) groups is 1. The molecule has 0 spiro atoms. The first-order valence-corrected chi connectivity index (χ1v) is 10.6. The van der Waals surface area contributed by atoms with Crippen LogP contribution in [0.4, 0.5) is 5.95 Å². The van der Waals surface area contributed by atoms with Gasteiger partial charge in [0.15, 0.2) is 0 Å². The molecule has 0 atom stereocenters. The number of nitrogens with one attached hydrogen (secondary N) is 2. The molecule has 0 radical (unpaired) electrons. The first-order valence-electron chi connectivity index (χ1n) is 9.14. The Morgan fingerprint density at radius 3 is 2.17 bits per heavy atom. The summed E-state index contributed by atoms with van der Waals surface area (Å²) in [6.07, 6.45) is 0. The van der Waals surface area contributed by atoms with Gasteiger partial charge in [-0.3, -0.25) is 15.6 Å². The second kappa shape index (κ2) is 8.50. The molecule has 8 nitrogen and oxygen atoms in total. The Kier molecular flexibility index (Phi) is 6.02. The SMILES string of the molecule is Cc1ccc(C)c(S(=O)(=O)Oc2ccc(C(=O)NNc3nc(C)cc(C)n3)cc2)c1. The smallest absolute Gasteiger partial charge is 0.339 e. The third-order valence-corrected chi connectivity index (χ3v) is 5.60. The van der Waals surface area contributed by atoms with E-state index in [9.17, 15) is 13.2 Å². The van der Waals surface area contributed by atoms with Crippen LogP contribution in [-0.2, 0) is 10.1 Å². The van der Waals surface area contributed by atoms with Crippen LogP contribution >= 0.6 is 0 Å². The Morgan fingerprint density at radius 1 is 0.900 bits per heavy atom. The minimum atomic E-state index is -3.98. The predicted molar refractivity (Wildman–Crippen MR) is 113 cm³/mol. The Labute approximate surface area is 175 Å². The minimum Gasteiger partial charge on any atom is -0.379 e. The van der Waals surface area contributed by atoms with Crippen molar-refractivity contribution in [1.29, 1.82) is 0 Å². The van der Waals surface area contributed by atoms with Gasteiger partial charge in [-0.1, -0.05) is 12.1 Å². The molecule has 0 unspecified atom stereocenters. The maximum absolute atomic E-state index is 12.6. The first kappa shape index (κ1) is 21.3. The second-order valence-corrected chi connectivity index (χ2v) is 8.40. The van der Waals surface area contributed by atoms with Crippen molar-refractivity contribution in [3.05, 3.63) is 76.6 Å². The van der Waals surface area contributed by atoms with Gasteiger partial charge in [0, 0.05) is 17.0 Å². The number of nitrogens with zero attached hydrogens (tertiary/aromatic N) is 2. The Morgan fingerprint density at radius 2 is 1.53 bits per heavy atom. The lowest BCUT2D eigenvalue weighted by Gasteiger charge is -2.11. The van der Waals surface area contributed by atoms with E-state index in [0.717, 1.165) is 17.0 Å². The van der Waals surface area contributed by atoms with E-state index in [1.165, 1.54) is 24.3 Å². The van der Waals surface area contributed by atoms with Gasteiger partial charge in [-0.05, 0) is 75.2 Å². The van der Waals surface area contributed by atoms with Crippen molar-refractivity contribution in [2.24, 2.45) is 0 Å². The molecule has 1 amide bonds. The summed E-state index contributed by atoms with van der Waals surface area (Å²) < 4.78 is 30.4. The van der Waals surface area contributed by atoms with Gasteiger partial charge in [-0.15, -0.1) is 0 Å².